The van der Waals surface area contributed by atoms with Gasteiger partial charge in [-0.05, 0) is 44.2 Å². The van der Waals surface area contributed by atoms with Gasteiger partial charge in [-0.2, -0.15) is 0 Å². The number of piperidine rings is 1. The monoisotopic (exact) mass is 289 g/mol. The average Bonchev–Trinajstić information content (AvgIpc) is 3.25. The van der Waals surface area contributed by atoms with E-state index in [9.17, 15) is 14.9 Å². The minimum Gasteiger partial charge on any atom is -0.311 e. The maximum atomic E-state index is 12.6. The molecular weight excluding hydrogens is 270 g/mol. The van der Waals surface area contributed by atoms with Crippen LogP contribution in [0, 0.1) is 17.0 Å². The van der Waals surface area contributed by atoms with Gasteiger partial charge < -0.3 is 10.2 Å². The first-order valence-corrected chi connectivity index (χ1v) is 7.39. The molecule has 1 saturated carbocycles. The molecule has 21 heavy (non-hydrogen) atoms. The van der Waals surface area contributed by atoms with Gasteiger partial charge in [0.1, 0.15) is 0 Å². The third kappa shape index (κ3) is 2.90. The molecule has 1 N–H and O–H groups in total. The number of nitrogens with zero attached hydrogens (tertiary/aromatic N) is 2. The Balaban J connectivity index is 1.81. The number of nitrogens with one attached hydrogen (secondary N) is 1. The molecule has 2 aliphatic rings. The Morgan fingerprint density at radius 3 is 2.71 bits per heavy atom. The van der Waals surface area contributed by atoms with Gasteiger partial charge in [-0.3, -0.25) is 14.9 Å². The second-order valence-electron chi connectivity index (χ2n) is 5.85. The van der Waals surface area contributed by atoms with Crippen LogP contribution in [-0.2, 0) is 4.79 Å². The predicted molar refractivity (Wildman–Crippen MR) is 79.4 cm³/mol. The number of non-ortho nitro benzene ring substituents is 1. The summed E-state index contributed by atoms with van der Waals surface area (Å²) in [5, 5.41) is 14.2. The molecule has 2 fully saturated rings. The van der Waals surface area contributed by atoms with Crippen LogP contribution in [0.2, 0.25) is 0 Å². The standard InChI is InChI=1S/C15H19N3O3/c1-10-9-12(18(20)21)6-7-14(10)17-8-2-3-13(15(17)19)16-11-4-5-11/h6-7,9,11,13,16H,2-5,8H2,1H3. The van der Waals surface area contributed by atoms with Crippen molar-refractivity contribution in [3.05, 3.63) is 33.9 Å². The highest BCUT2D eigenvalue weighted by molar-refractivity contribution is 5.98. The zero-order valence-electron chi connectivity index (χ0n) is 12.0. The molecule has 112 valence electrons. The smallest absolute Gasteiger partial charge is 0.269 e. The van der Waals surface area contributed by atoms with Gasteiger partial charge in [0.15, 0.2) is 0 Å². The van der Waals surface area contributed by atoms with Gasteiger partial charge in [0, 0.05) is 30.4 Å². The SMILES string of the molecule is Cc1cc([N+](=O)[O-])ccc1N1CCCC(NC2CC2)C1=O. The summed E-state index contributed by atoms with van der Waals surface area (Å²) in [6, 6.07) is 5.07. The molecule has 1 aliphatic heterocycles. The number of carbonyl (C=O) groups excluding carboxylic acids is 1. The summed E-state index contributed by atoms with van der Waals surface area (Å²) in [6.07, 6.45) is 4.13. The molecule has 1 atom stereocenters. The average molecular weight is 289 g/mol. The van der Waals surface area contributed by atoms with Gasteiger partial charge in [-0.15, -0.1) is 0 Å². The molecule has 1 aliphatic carbocycles. The first-order chi connectivity index (χ1) is 10.1. The van der Waals surface area contributed by atoms with Crippen LogP contribution in [0.1, 0.15) is 31.2 Å². The lowest BCUT2D eigenvalue weighted by atomic mass is 10.0. The molecule has 1 amide bonds. The summed E-state index contributed by atoms with van der Waals surface area (Å²) in [7, 11) is 0. The Hall–Kier alpha value is -1.95. The highest BCUT2D eigenvalue weighted by atomic mass is 16.6. The largest absolute Gasteiger partial charge is 0.311 e. The molecule has 1 unspecified atom stereocenters. The van der Waals surface area contributed by atoms with Gasteiger partial charge in [-0.1, -0.05) is 0 Å². The predicted octanol–water partition coefficient (Wildman–Crippen LogP) is 2.15. The lowest BCUT2D eigenvalue weighted by Crippen LogP contribution is -2.51. The minimum atomic E-state index is -0.410. The van der Waals surface area contributed by atoms with E-state index in [0.717, 1.165) is 36.9 Å². The van der Waals surface area contributed by atoms with Crippen LogP contribution in [0.4, 0.5) is 11.4 Å². The van der Waals surface area contributed by atoms with E-state index in [2.05, 4.69) is 5.32 Å². The van der Waals surface area contributed by atoms with Gasteiger partial charge in [0.2, 0.25) is 5.91 Å². The number of carbonyl (C=O) groups is 1. The van der Waals surface area contributed by atoms with Crippen LogP contribution in [0.3, 0.4) is 0 Å². The van der Waals surface area contributed by atoms with Crippen LogP contribution in [0.5, 0.6) is 0 Å². The second kappa shape index (κ2) is 5.44. The van der Waals surface area contributed by atoms with Crippen molar-refractivity contribution in [1.29, 1.82) is 0 Å². The van der Waals surface area contributed by atoms with E-state index >= 15 is 0 Å². The second-order valence-corrected chi connectivity index (χ2v) is 5.85. The maximum Gasteiger partial charge on any atom is 0.269 e. The van der Waals surface area contributed by atoms with Crippen LogP contribution in [-0.4, -0.2) is 29.5 Å². The Bertz CT molecular complexity index is 584. The Labute approximate surface area is 123 Å². The molecule has 1 heterocycles. The summed E-state index contributed by atoms with van der Waals surface area (Å²) in [5.41, 5.74) is 1.62. The van der Waals surface area contributed by atoms with Gasteiger partial charge in [0.05, 0.1) is 11.0 Å². The molecule has 1 aromatic rings. The minimum absolute atomic E-state index is 0.0633. The number of aryl methyl sites for hydroxylation is 1. The molecule has 0 radical (unpaired) electrons. The fourth-order valence-electron chi connectivity index (χ4n) is 2.86. The summed E-state index contributed by atoms with van der Waals surface area (Å²) in [6.45, 7) is 2.49. The zero-order chi connectivity index (χ0) is 15.0. The van der Waals surface area contributed by atoms with Crippen molar-refractivity contribution in [1.82, 2.24) is 5.32 Å². The molecule has 1 aromatic carbocycles. The van der Waals surface area contributed by atoms with Crippen molar-refractivity contribution in [3.63, 3.8) is 0 Å². The van der Waals surface area contributed by atoms with Gasteiger partial charge in [-0.25, -0.2) is 0 Å². The Morgan fingerprint density at radius 1 is 1.33 bits per heavy atom. The summed E-state index contributed by atoms with van der Waals surface area (Å²) in [5.74, 6) is 0.0881. The van der Waals surface area contributed by atoms with E-state index in [1.165, 1.54) is 12.1 Å². The zero-order valence-corrected chi connectivity index (χ0v) is 12.0. The van der Waals surface area contributed by atoms with Crippen molar-refractivity contribution in [2.24, 2.45) is 0 Å². The number of hydrogen-bond acceptors (Lipinski definition) is 4. The number of anilines is 1. The molecule has 3 rings (SSSR count). The van der Waals surface area contributed by atoms with E-state index in [4.69, 9.17) is 0 Å². The van der Waals surface area contributed by atoms with E-state index < -0.39 is 4.92 Å². The van der Waals surface area contributed by atoms with Crippen LogP contribution >= 0.6 is 0 Å². The number of amides is 1. The van der Waals surface area contributed by atoms with Gasteiger partial charge >= 0.3 is 0 Å². The van der Waals surface area contributed by atoms with Crippen molar-refractivity contribution in [2.45, 2.75) is 44.7 Å². The van der Waals surface area contributed by atoms with Crippen molar-refractivity contribution < 1.29 is 9.72 Å². The fourth-order valence-corrected chi connectivity index (χ4v) is 2.86. The third-order valence-electron chi connectivity index (χ3n) is 4.13. The quantitative estimate of drug-likeness (QED) is 0.680. The number of nitro benzene ring substituents is 1. The Kier molecular flexibility index (Phi) is 3.63. The van der Waals surface area contributed by atoms with E-state index in [1.807, 2.05) is 6.92 Å². The van der Waals surface area contributed by atoms with Crippen molar-refractivity contribution >= 4 is 17.3 Å². The van der Waals surface area contributed by atoms with E-state index in [1.54, 1.807) is 11.0 Å². The molecule has 0 aromatic heterocycles. The number of nitro groups is 1. The van der Waals surface area contributed by atoms with Crippen molar-refractivity contribution in [2.75, 3.05) is 11.4 Å². The first kappa shape index (κ1) is 14.0. The highest BCUT2D eigenvalue weighted by Crippen LogP contribution is 2.29. The van der Waals surface area contributed by atoms with Gasteiger partial charge in [0.25, 0.3) is 5.69 Å². The summed E-state index contributed by atoms with van der Waals surface area (Å²) >= 11 is 0. The molecule has 6 heteroatoms. The number of hydrogen-bond donors (Lipinski definition) is 1. The Morgan fingerprint density at radius 2 is 2.10 bits per heavy atom. The normalized spacial score (nSPS) is 22.4. The number of benzene rings is 1. The third-order valence-corrected chi connectivity index (χ3v) is 4.13. The van der Waals surface area contributed by atoms with Crippen LogP contribution in [0.15, 0.2) is 18.2 Å². The molecular formula is C15H19N3O3. The first-order valence-electron chi connectivity index (χ1n) is 7.39. The molecule has 0 spiro atoms. The highest BCUT2D eigenvalue weighted by Gasteiger charge is 2.34. The van der Waals surface area contributed by atoms with E-state index in [-0.39, 0.29) is 17.6 Å². The topological polar surface area (TPSA) is 75.5 Å². The summed E-state index contributed by atoms with van der Waals surface area (Å²) < 4.78 is 0. The fraction of sp³-hybridized carbons (Fsp3) is 0.533. The summed E-state index contributed by atoms with van der Waals surface area (Å²) in [4.78, 5) is 24.7. The van der Waals surface area contributed by atoms with Crippen LogP contribution < -0.4 is 10.2 Å². The molecule has 1 saturated heterocycles. The maximum absolute atomic E-state index is 12.6. The molecule has 0 bridgehead atoms. The molecule has 6 nitrogen and oxygen atoms in total. The lowest BCUT2D eigenvalue weighted by Gasteiger charge is -2.33. The van der Waals surface area contributed by atoms with Crippen LogP contribution in [0.25, 0.3) is 0 Å². The van der Waals surface area contributed by atoms with Crippen molar-refractivity contribution in [3.8, 4) is 0 Å². The van der Waals surface area contributed by atoms with E-state index in [0.29, 0.717) is 12.6 Å². The lowest BCUT2D eigenvalue weighted by molar-refractivity contribution is -0.384. The number of rotatable bonds is 4.